The van der Waals surface area contributed by atoms with Crippen LogP contribution in [-0.4, -0.2) is 10.8 Å². The maximum atomic E-state index is 12.6. The number of carbonyl (C=O) groups excluding carboxylic acids is 1. The van der Waals surface area contributed by atoms with Gasteiger partial charge in [-0.15, -0.1) is 0 Å². The van der Waals surface area contributed by atoms with E-state index in [4.69, 9.17) is 11.0 Å². The molecule has 0 bridgehead atoms. The number of hydrogen-bond donors (Lipinski definition) is 1. The number of benzene rings is 1. The van der Waals surface area contributed by atoms with Gasteiger partial charge in [0.25, 0.3) is 11.6 Å². The number of alkyl halides is 3. The summed E-state index contributed by atoms with van der Waals surface area (Å²) in [6.07, 6.45) is -5.03. The van der Waals surface area contributed by atoms with Gasteiger partial charge in [-0.3, -0.25) is 14.9 Å². The van der Waals surface area contributed by atoms with Gasteiger partial charge in [-0.2, -0.15) is 18.4 Å². The molecule has 2 N–H and O–H groups in total. The quantitative estimate of drug-likeness (QED) is 0.642. The minimum atomic E-state index is -5.03. The number of halogens is 3. The van der Waals surface area contributed by atoms with E-state index >= 15 is 0 Å². The number of primary amides is 1. The molecule has 0 aliphatic heterocycles. The number of amides is 1. The second-order valence-electron chi connectivity index (χ2n) is 3.15. The van der Waals surface area contributed by atoms with Gasteiger partial charge >= 0.3 is 6.18 Å². The summed E-state index contributed by atoms with van der Waals surface area (Å²) in [5, 5.41) is 19.1. The summed E-state index contributed by atoms with van der Waals surface area (Å²) < 4.78 is 37.9. The maximum Gasteiger partial charge on any atom is 0.417 e. The number of nitrogens with two attached hydrogens (primary N) is 1. The molecule has 18 heavy (non-hydrogen) atoms. The topological polar surface area (TPSA) is 110 Å². The largest absolute Gasteiger partial charge is 0.417 e. The highest BCUT2D eigenvalue weighted by molar-refractivity contribution is 5.99. The van der Waals surface area contributed by atoms with Crippen LogP contribution in [0.5, 0.6) is 0 Å². The van der Waals surface area contributed by atoms with E-state index in [0.717, 1.165) is 0 Å². The number of rotatable bonds is 2. The molecule has 1 amide bonds. The highest BCUT2D eigenvalue weighted by atomic mass is 19.4. The van der Waals surface area contributed by atoms with Crippen LogP contribution in [0.15, 0.2) is 12.1 Å². The highest BCUT2D eigenvalue weighted by Gasteiger charge is 2.39. The first kappa shape index (κ1) is 13.4. The highest BCUT2D eigenvalue weighted by Crippen LogP contribution is 2.36. The summed E-state index contributed by atoms with van der Waals surface area (Å²) in [6, 6.07) is 2.25. The van der Waals surface area contributed by atoms with Crippen molar-refractivity contribution in [2.45, 2.75) is 6.18 Å². The van der Waals surface area contributed by atoms with E-state index in [0.29, 0.717) is 12.1 Å². The fraction of sp³-hybridized carbons (Fsp3) is 0.111. The molecule has 1 rings (SSSR count). The van der Waals surface area contributed by atoms with Crippen LogP contribution in [-0.2, 0) is 6.18 Å². The number of nitro benzene ring substituents is 1. The average molecular weight is 259 g/mol. The van der Waals surface area contributed by atoms with Crippen molar-refractivity contribution in [3.8, 4) is 6.07 Å². The first-order chi connectivity index (χ1) is 8.18. The Kier molecular flexibility index (Phi) is 3.23. The molecular formula is C9H4F3N3O3. The van der Waals surface area contributed by atoms with Gasteiger partial charge in [-0.25, -0.2) is 0 Å². The van der Waals surface area contributed by atoms with Crippen molar-refractivity contribution in [2.75, 3.05) is 0 Å². The van der Waals surface area contributed by atoms with Gasteiger partial charge in [0.15, 0.2) is 0 Å². The molecule has 0 aliphatic carbocycles. The number of carbonyl (C=O) groups is 1. The molecule has 94 valence electrons. The molecule has 0 radical (unpaired) electrons. The van der Waals surface area contributed by atoms with Crippen LogP contribution in [0.3, 0.4) is 0 Å². The Hall–Kier alpha value is -2.63. The van der Waals surface area contributed by atoms with E-state index in [9.17, 15) is 28.1 Å². The lowest BCUT2D eigenvalue weighted by atomic mass is 10.0. The third-order valence-corrected chi connectivity index (χ3v) is 2.00. The molecule has 0 atom stereocenters. The van der Waals surface area contributed by atoms with Crippen LogP contribution in [0.2, 0.25) is 0 Å². The smallest absolute Gasteiger partial charge is 0.365 e. The summed E-state index contributed by atoms with van der Waals surface area (Å²) in [5.41, 5.74) is 0.132. The van der Waals surface area contributed by atoms with Crippen molar-refractivity contribution < 1.29 is 22.9 Å². The number of nitro groups is 1. The number of nitriles is 1. The van der Waals surface area contributed by atoms with Gasteiger partial charge in [-0.1, -0.05) is 0 Å². The first-order valence-corrected chi connectivity index (χ1v) is 4.28. The molecule has 0 heterocycles. The van der Waals surface area contributed by atoms with Gasteiger partial charge in [0.1, 0.15) is 5.56 Å². The Morgan fingerprint density at radius 3 is 2.33 bits per heavy atom. The molecule has 0 spiro atoms. The monoisotopic (exact) mass is 259 g/mol. The predicted molar refractivity (Wildman–Crippen MR) is 51.3 cm³/mol. The molecule has 9 heteroatoms. The molecule has 0 aromatic heterocycles. The Bertz CT molecular complexity index is 575. The lowest BCUT2D eigenvalue weighted by molar-refractivity contribution is -0.385. The molecule has 6 nitrogen and oxygen atoms in total. The van der Waals surface area contributed by atoms with E-state index in [-0.39, 0.29) is 0 Å². The molecule has 0 saturated heterocycles. The second kappa shape index (κ2) is 4.33. The van der Waals surface area contributed by atoms with Crippen LogP contribution < -0.4 is 5.73 Å². The zero-order chi connectivity index (χ0) is 14.1. The summed E-state index contributed by atoms with van der Waals surface area (Å²) in [4.78, 5) is 20.3. The fourth-order valence-corrected chi connectivity index (χ4v) is 1.32. The minimum absolute atomic E-state index is 0.340. The van der Waals surface area contributed by atoms with Crippen LogP contribution in [0.25, 0.3) is 0 Å². The predicted octanol–water partition coefficient (Wildman–Crippen LogP) is 1.58. The Morgan fingerprint density at radius 2 is 2.00 bits per heavy atom. The van der Waals surface area contributed by atoms with Gasteiger partial charge in [0.05, 0.1) is 22.1 Å². The average Bonchev–Trinajstić information content (AvgIpc) is 2.25. The van der Waals surface area contributed by atoms with Gasteiger partial charge in [0, 0.05) is 6.07 Å². The van der Waals surface area contributed by atoms with Gasteiger partial charge < -0.3 is 5.73 Å². The molecular weight excluding hydrogens is 255 g/mol. The Balaban J connectivity index is 3.79. The van der Waals surface area contributed by atoms with E-state index < -0.39 is 39.4 Å². The molecule has 1 aromatic carbocycles. The normalized spacial score (nSPS) is 10.8. The van der Waals surface area contributed by atoms with Crippen molar-refractivity contribution in [3.63, 3.8) is 0 Å². The second-order valence-corrected chi connectivity index (χ2v) is 3.15. The van der Waals surface area contributed by atoms with Gasteiger partial charge in [-0.05, 0) is 6.07 Å². The summed E-state index contributed by atoms with van der Waals surface area (Å²) in [5.74, 6) is -1.58. The zero-order valence-electron chi connectivity index (χ0n) is 8.49. The molecule has 0 saturated carbocycles. The number of hydrogen-bond acceptors (Lipinski definition) is 4. The lowest BCUT2D eigenvalue weighted by Gasteiger charge is -2.11. The Labute approximate surface area is 97.6 Å². The van der Waals surface area contributed by atoms with E-state index in [2.05, 4.69) is 0 Å². The van der Waals surface area contributed by atoms with Crippen LogP contribution in [0.4, 0.5) is 18.9 Å². The zero-order valence-corrected chi connectivity index (χ0v) is 8.49. The minimum Gasteiger partial charge on any atom is -0.365 e. The fourth-order valence-electron chi connectivity index (χ4n) is 1.32. The Morgan fingerprint density at radius 1 is 1.44 bits per heavy atom. The molecule has 0 fully saturated rings. The van der Waals surface area contributed by atoms with E-state index in [1.165, 1.54) is 6.07 Å². The van der Waals surface area contributed by atoms with E-state index in [1.807, 2.05) is 0 Å². The van der Waals surface area contributed by atoms with Crippen molar-refractivity contribution >= 4 is 11.6 Å². The van der Waals surface area contributed by atoms with Crippen LogP contribution >= 0.6 is 0 Å². The van der Waals surface area contributed by atoms with Crippen molar-refractivity contribution in [1.82, 2.24) is 0 Å². The summed E-state index contributed by atoms with van der Waals surface area (Å²) >= 11 is 0. The molecule has 0 aliphatic rings. The third kappa shape index (κ3) is 2.37. The van der Waals surface area contributed by atoms with Crippen molar-refractivity contribution in [2.24, 2.45) is 5.73 Å². The number of nitrogens with zero attached hydrogens (tertiary/aromatic N) is 2. The molecule has 0 unspecified atom stereocenters. The maximum absolute atomic E-state index is 12.6. The molecule has 1 aromatic rings. The standard InChI is InChI=1S/C9H4F3N3O3/c10-9(11,12)5-1-4(3-13)2-6(15(17)18)7(5)8(14)16/h1-2H,(H2,14,16). The lowest BCUT2D eigenvalue weighted by Crippen LogP contribution is -2.21. The van der Waals surface area contributed by atoms with E-state index in [1.54, 1.807) is 0 Å². The van der Waals surface area contributed by atoms with Crippen molar-refractivity contribution in [1.29, 1.82) is 5.26 Å². The third-order valence-electron chi connectivity index (χ3n) is 2.00. The van der Waals surface area contributed by atoms with Crippen LogP contribution in [0, 0.1) is 21.4 Å². The summed E-state index contributed by atoms with van der Waals surface area (Å²) in [6.45, 7) is 0. The summed E-state index contributed by atoms with van der Waals surface area (Å²) in [7, 11) is 0. The SMILES string of the molecule is N#Cc1cc([N+](=O)[O-])c(C(N)=O)c(C(F)(F)F)c1. The van der Waals surface area contributed by atoms with Crippen molar-refractivity contribution in [3.05, 3.63) is 38.9 Å². The van der Waals surface area contributed by atoms with Crippen LogP contribution in [0.1, 0.15) is 21.5 Å². The first-order valence-electron chi connectivity index (χ1n) is 4.28. The van der Waals surface area contributed by atoms with Gasteiger partial charge in [0.2, 0.25) is 0 Å².